The number of aliphatic hydroxyl groups is 1. The molecule has 0 fully saturated rings. The molecular formula is C83H160O17P2. The van der Waals surface area contributed by atoms with Crippen molar-refractivity contribution in [3.8, 4) is 0 Å². The van der Waals surface area contributed by atoms with Crippen LogP contribution in [-0.2, 0) is 65.4 Å². The summed E-state index contributed by atoms with van der Waals surface area (Å²) in [5.74, 6) is -2.12. The minimum atomic E-state index is -4.96. The van der Waals surface area contributed by atoms with E-state index in [2.05, 4.69) is 39.8 Å². The zero-order valence-corrected chi connectivity index (χ0v) is 68.1. The summed E-state index contributed by atoms with van der Waals surface area (Å²) < 4.78 is 68.8. The molecule has 0 aromatic rings. The maximum absolute atomic E-state index is 13.1. The lowest BCUT2D eigenvalue weighted by atomic mass is 10.0. The molecule has 604 valence electrons. The quantitative estimate of drug-likeness (QED) is 0.0169. The molecule has 0 bridgehead atoms. The first-order chi connectivity index (χ1) is 49.7. The van der Waals surface area contributed by atoms with Gasteiger partial charge >= 0.3 is 39.5 Å². The highest BCUT2D eigenvalue weighted by atomic mass is 31.2. The van der Waals surface area contributed by atoms with Gasteiger partial charge in [-0.15, -0.1) is 0 Å². The van der Waals surface area contributed by atoms with Gasteiger partial charge in [-0.1, -0.05) is 374 Å². The van der Waals surface area contributed by atoms with Crippen molar-refractivity contribution in [2.24, 2.45) is 0 Å². The summed E-state index contributed by atoms with van der Waals surface area (Å²) in [6.45, 7) is 5.02. The van der Waals surface area contributed by atoms with Crippen LogP contribution in [0.4, 0.5) is 0 Å². The Morgan fingerprint density at radius 2 is 0.451 bits per heavy atom. The molecule has 0 spiro atoms. The van der Waals surface area contributed by atoms with E-state index in [0.717, 1.165) is 109 Å². The minimum absolute atomic E-state index is 0.105. The van der Waals surface area contributed by atoms with Crippen LogP contribution in [0.1, 0.15) is 439 Å². The molecule has 0 saturated carbocycles. The maximum atomic E-state index is 13.1. The molecule has 0 aliphatic heterocycles. The predicted octanol–water partition coefficient (Wildman–Crippen LogP) is 25.1. The molecule has 17 nitrogen and oxygen atoms in total. The summed E-state index contributed by atoms with van der Waals surface area (Å²) in [5, 5.41) is 10.7. The fourth-order valence-electron chi connectivity index (χ4n) is 12.7. The zero-order chi connectivity index (χ0) is 74.6. The number of hydrogen-bond acceptors (Lipinski definition) is 15. The largest absolute Gasteiger partial charge is 0.472 e. The number of allylic oxidation sites excluding steroid dienone is 2. The number of phosphoric acid groups is 2. The highest BCUT2D eigenvalue weighted by Gasteiger charge is 2.30. The highest BCUT2D eigenvalue weighted by molar-refractivity contribution is 7.47. The molecule has 0 aromatic carbocycles. The van der Waals surface area contributed by atoms with Gasteiger partial charge in [0.2, 0.25) is 0 Å². The summed E-state index contributed by atoms with van der Waals surface area (Å²) in [7, 11) is -9.93. The van der Waals surface area contributed by atoms with Crippen molar-refractivity contribution in [1.82, 2.24) is 0 Å². The van der Waals surface area contributed by atoms with Gasteiger partial charge in [0.25, 0.3) is 0 Å². The van der Waals surface area contributed by atoms with Gasteiger partial charge in [0, 0.05) is 25.7 Å². The Balaban J connectivity index is 5.28. The van der Waals surface area contributed by atoms with E-state index in [1.165, 1.54) is 250 Å². The van der Waals surface area contributed by atoms with E-state index in [0.29, 0.717) is 25.7 Å². The molecule has 0 amide bonds. The van der Waals surface area contributed by atoms with Gasteiger partial charge in [0.05, 0.1) is 26.4 Å². The molecule has 0 heterocycles. The smallest absolute Gasteiger partial charge is 0.462 e. The molecule has 0 aliphatic rings. The van der Waals surface area contributed by atoms with Crippen molar-refractivity contribution in [2.45, 2.75) is 457 Å². The number of ether oxygens (including phenoxy) is 4. The number of esters is 4. The van der Waals surface area contributed by atoms with Crippen molar-refractivity contribution >= 4 is 39.5 Å². The molecule has 5 atom stereocenters. The molecule has 0 aromatic heterocycles. The van der Waals surface area contributed by atoms with Gasteiger partial charge in [-0.05, 0) is 51.4 Å². The second-order valence-electron chi connectivity index (χ2n) is 29.5. The van der Waals surface area contributed by atoms with Crippen molar-refractivity contribution in [3.63, 3.8) is 0 Å². The molecule has 0 radical (unpaired) electrons. The Labute approximate surface area is 625 Å². The molecule has 0 aliphatic carbocycles. The number of carbonyl (C=O) groups is 4. The summed E-state index contributed by atoms with van der Waals surface area (Å²) >= 11 is 0. The third-order valence-corrected chi connectivity index (χ3v) is 21.2. The lowest BCUT2D eigenvalue weighted by Crippen LogP contribution is -2.30. The number of phosphoric ester groups is 2. The Kier molecular flexibility index (Phi) is 75.3. The molecule has 0 saturated heterocycles. The van der Waals surface area contributed by atoms with Crippen LogP contribution in [0.25, 0.3) is 0 Å². The van der Waals surface area contributed by atoms with Gasteiger partial charge < -0.3 is 33.8 Å². The van der Waals surface area contributed by atoms with Gasteiger partial charge in [0.1, 0.15) is 19.3 Å². The first-order valence-electron chi connectivity index (χ1n) is 42.9. The van der Waals surface area contributed by atoms with Crippen LogP contribution in [0.5, 0.6) is 0 Å². The van der Waals surface area contributed by atoms with Crippen LogP contribution < -0.4 is 0 Å². The third kappa shape index (κ3) is 76.0. The molecule has 2 unspecified atom stereocenters. The van der Waals surface area contributed by atoms with Gasteiger partial charge in [-0.25, -0.2) is 9.13 Å². The molecule has 19 heteroatoms. The van der Waals surface area contributed by atoms with Gasteiger partial charge in [-0.2, -0.15) is 0 Å². The summed E-state index contributed by atoms with van der Waals surface area (Å²) in [5.41, 5.74) is 0. The van der Waals surface area contributed by atoms with E-state index in [4.69, 9.17) is 37.0 Å². The van der Waals surface area contributed by atoms with E-state index in [1.807, 2.05) is 0 Å². The summed E-state index contributed by atoms with van der Waals surface area (Å²) in [6, 6.07) is 0. The number of unbranched alkanes of at least 4 members (excludes halogenated alkanes) is 55. The van der Waals surface area contributed by atoms with Gasteiger partial charge in [-0.3, -0.25) is 37.3 Å². The van der Waals surface area contributed by atoms with Gasteiger partial charge in [0.15, 0.2) is 12.2 Å². The van der Waals surface area contributed by atoms with E-state index in [1.54, 1.807) is 0 Å². The lowest BCUT2D eigenvalue weighted by molar-refractivity contribution is -0.161. The monoisotopic (exact) mass is 1490 g/mol. The van der Waals surface area contributed by atoms with Crippen molar-refractivity contribution in [1.29, 1.82) is 0 Å². The number of rotatable bonds is 83. The Morgan fingerprint density at radius 3 is 0.676 bits per heavy atom. The average Bonchev–Trinajstić information content (AvgIpc) is 0.926. The predicted molar refractivity (Wildman–Crippen MR) is 418 cm³/mol. The first-order valence-corrected chi connectivity index (χ1v) is 45.9. The normalized spacial score (nSPS) is 13.8. The summed E-state index contributed by atoms with van der Waals surface area (Å²) in [4.78, 5) is 73.2. The van der Waals surface area contributed by atoms with Crippen molar-refractivity contribution in [3.05, 3.63) is 12.2 Å². The fourth-order valence-corrected chi connectivity index (χ4v) is 14.3. The second kappa shape index (κ2) is 77.0. The molecular weight excluding hydrogens is 1330 g/mol. The van der Waals surface area contributed by atoms with Crippen LogP contribution in [0.15, 0.2) is 12.2 Å². The first kappa shape index (κ1) is 99.8. The van der Waals surface area contributed by atoms with Crippen molar-refractivity contribution < 1.29 is 80.2 Å². The SMILES string of the molecule is CCCCCCCC/C=C\CCCCCCCC(=O)OC[C@H](COP(=O)(O)OC[C@@H](O)COP(=O)(O)OC[C@@H](COC(=O)CCCCCCCCCCCCCCCCCCC)OC(=O)CCCCCCCCCCCCCCCCC)OC(=O)CCCCCCCCCCCCCCCCC. The standard InChI is InChI=1S/C83H160O17P2/c1-5-9-13-17-21-25-29-33-37-38-42-44-48-52-56-60-64-68-81(86)94-74-79(100-83(88)70-66-62-58-54-50-46-41-36-32-28-24-20-16-12-8-4)76-98-102(91,92)96-72-77(84)71-95-101(89,90)97-75-78(99-82(87)69-65-61-57-53-49-45-40-35-31-27-23-19-15-11-7-3)73-93-80(85)67-63-59-55-51-47-43-39-34-30-26-22-18-14-10-6-2/h34,39,77-79,84H,5-33,35-38,40-76H2,1-4H3,(H,89,90)(H,91,92)/b39-34-/t77-,78-,79-/m1/s1. The lowest BCUT2D eigenvalue weighted by Gasteiger charge is -2.21. The van der Waals surface area contributed by atoms with Crippen LogP contribution >= 0.6 is 15.6 Å². The van der Waals surface area contributed by atoms with Crippen LogP contribution in [-0.4, -0.2) is 96.7 Å². The van der Waals surface area contributed by atoms with Crippen molar-refractivity contribution in [2.75, 3.05) is 39.6 Å². The highest BCUT2D eigenvalue weighted by Crippen LogP contribution is 2.45. The van der Waals surface area contributed by atoms with E-state index >= 15 is 0 Å². The van der Waals surface area contributed by atoms with E-state index in [-0.39, 0.29) is 25.7 Å². The van der Waals surface area contributed by atoms with E-state index < -0.39 is 97.5 Å². The van der Waals surface area contributed by atoms with E-state index in [9.17, 15) is 43.2 Å². The number of hydrogen-bond donors (Lipinski definition) is 3. The Bertz CT molecular complexity index is 1980. The van der Waals surface area contributed by atoms with Crippen LogP contribution in [0, 0.1) is 0 Å². The summed E-state index contributed by atoms with van der Waals surface area (Å²) in [6.07, 6.45) is 71.7. The number of aliphatic hydroxyl groups excluding tert-OH is 1. The third-order valence-electron chi connectivity index (χ3n) is 19.3. The molecule has 102 heavy (non-hydrogen) atoms. The molecule has 3 N–H and O–H groups in total. The van der Waals surface area contributed by atoms with Crippen LogP contribution in [0.3, 0.4) is 0 Å². The maximum Gasteiger partial charge on any atom is 0.472 e. The Morgan fingerprint density at radius 1 is 0.265 bits per heavy atom. The molecule has 0 rings (SSSR count). The Hall–Kier alpha value is -2.20. The number of carbonyl (C=O) groups excluding carboxylic acids is 4. The van der Waals surface area contributed by atoms with Crippen LogP contribution in [0.2, 0.25) is 0 Å². The average molecular weight is 1490 g/mol. The topological polar surface area (TPSA) is 237 Å². The minimum Gasteiger partial charge on any atom is -0.462 e. The second-order valence-corrected chi connectivity index (χ2v) is 32.4. The zero-order valence-electron chi connectivity index (χ0n) is 66.3. The fraction of sp³-hybridized carbons (Fsp3) is 0.928.